The minimum Gasteiger partial charge on any atom is -0.482 e. The number of aliphatic hydroxyl groups is 1. The van der Waals surface area contributed by atoms with Crippen LogP contribution in [0.15, 0.2) is 42.5 Å². The van der Waals surface area contributed by atoms with E-state index in [1.807, 2.05) is 6.92 Å². The Balaban J connectivity index is 1.61. The molecule has 2 aromatic carbocycles. The molecule has 1 amide bonds. The van der Waals surface area contributed by atoms with Gasteiger partial charge in [-0.25, -0.2) is 9.18 Å². The first-order chi connectivity index (χ1) is 15.0. The molecule has 1 unspecified atom stereocenters. The van der Waals surface area contributed by atoms with Gasteiger partial charge < -0.3 is 19.9 Å². The number of carbonyl (C=O) groups is 2. The topological polar surface area (TPSA) is 88.1 Å². The van der Waals surface area contributed by atoms with Crippen LogP contribution in [0.4, 0.5) is 10.1 Å². The second kappa shape index (κ2) is 11.1. The first kappa shape index (κ1) is 23.1. The van der Waals surface area contributed by atoms with Gasteiger partial charge in [-0.05, 0) is 48.4 Å². The molecule has 2 aromatic rings. The molecule has 166 valence electrons. The number of anilines is 1. The lowest BCUT2D eigenvalue weighted by Crippen LogP contribution is -2.28. The number of carbonyl (C=O) groups excluding carboxylic acids is 2. The Bertz CT molecular complexity index is 909. The van der Waals surface area contributed by atoms with Crippen molar-refractivity contribution in [1.82, 2.24) is 5.32 Å². The third-order valence-electron chi connectivity index (χ3n) is 4.64. The van der Waals surface area contributed by atoms with E-state index in [0.29, 0.717) is 24.6 Å². The molecule has 1 aliphatic rings. The zero-order chi connectivity index (χ0) is 22.2. The van der Waals surface area contributed by atoms with E-state index in [1.54, 1.807) is 35.2 Å². The number of halogens is 1. The van der Waals surface area contributed by atoms with E-state index in [4.69, 9.17) is 14.6 Å². The second-order valence-electron chi connectivity index (χ2n) is 6.91. The molecule has 0 spiro atoms. The van der Waals surface area contributed by atoms with Crippen LogP contribution in [0.3, 0.4) is 0 Å². The van der Waals surface area contributed by atoms with E-state index in [9.17, 15) is 14.0 Å². The first-order valence-electron chi connectivity index (χ1n) is 9.89. The predicted octanol–water partition coefficient (Wildman–Crippen LogP) is 2.42. The molecule has 0 aromatic heterocycles. The Kier molecular flexibility index (Phi) is 8.27. The molecule has 0 aliphatic carbocycles. The normalized spacial score (nSPS) is 15.9. The molecule has 1 saturated heterocycles. The van der Waals surface area contributed by atoms with E-state index in [-0.39, 0.29) is 36.9 Å². The highest BCUT2D eigenvalue weighted by molar-refractivity contribution is 8.00. The third kappa shape index (κ3) is 6.19. The summed E-state index contributed by atoms with van der Waals surface area (Å²) in [5.41, 5.74) is 2.42. The van der Waals surface area contributed by atoms with Crippen LogP contribution in [0.2, 0.25) is 0 Å². The van der Waals surface area contributed by atoms with Gasteiger partial charge in [0.2, 0.25) is 5.91 Å². The maximum absolute atomic E-state index is 13.3. The number of esters is 1. The summed E-state index contributed by atoms with van der Waals surface area (Å²) in [6, 6.07) is 11.4. The van der Waals surface area contributed by atoms with Gasteiger partial charge >= 0.3 is 5.97 Å². The lowest BCUT2D eigenvalue weighted by molar-refractivity contribution is -0.145. The van der Waals surface area contributed by atoms with Crippen molar-refractivity contribution in [2.45, 2.75) is 12.3 Å². The molecule has 7 nitrogen and oxygen atoms in total. The number of nitrogens with one attached hydrogen (secondary N) is 1. The number of benzene rings is 2. The summed E-state index contributed by atoms with van der Waals surface area (Å²) in [4.78, 5) is 26.0. The summed E-state index contributed by atoms with van der Waals surface area (Å²) < 4.78 is 23.8. The number of ether oxygens (including phenoxy) is 2. The van der Waals surface area contributed by atoms with Crippen molar-refractivity contribution in [2.24, 2.45) is 0 Å². The van der Waals surface area contributed by atoms with Gasteiger partial charge in [0.25, 0.3) is 0 Å². The van der Waals surface area contributed by atoms with Crippen LogP contribution in [0.5, 0.6) is 5.75 Å². The highest BCUT2D eigenvalue weighted by Crippen LogP contribution is 2.43. The maximum Gasteiger partial charge on any atom is 0.344 e. The highest BCUT2D eigenvalue weighted by atomic mass is 32.2. The standard InChI is InChI=1S/C22H25FN2O5S/c1-15-12-18(30-13-21(28)29-11-9-24-8-10-26)6-7-19(15)25-20(27)14-31-22(25)16-2-4-17(23)5-3-16/h2-7,12,22,24,26H,8-11,13-14H2,1H3. The van der Waals surface area contributed by atoms with E-state index >= 15 is 0 Å². The van der Waals surface area contributed by atoms with Crippen molar-refractivity contribution >= 4 is 29.3 Å². The average Bonchev–Trinajstić information content (AvgIpc) is 3.14. The lowest BCUT2D eigenvalue weighted by atomic mass is 10.1. The van der Waals surface area contributed by atoms with E-state index in [2.05, 4.69) is 5.32 Å². The van der Waals surface area contributed by atoms with Crippen LogP contribution < -0.4 is 15.0 Å². The SMILES string of the molecule is Cc1cc(OCC(=O)OCCNCCO)ccc1N1C(=O)CSC1c1ccc(F)cc1. The minimum atomic E-state index is -0.491. The van der Waals surface area contributed by atoms with Crippen molar-refractivity contribution in [1.29, 1.82) is 0 Å². The number of hydrogen-bond donors (Lipinski definition) is 2. The molecule has 1 heterocycles. The van der Waals surface area contributed by atoms with Crippen LogP contribution in [0.1, 0.15) is 16.5 Å². The Morgan fingerprint density at radius 3 is 2.74 bits per heavy atom. The van der Waals surface area contributed by atoms with Gasteiger partial charge in [0.15, 0.2) is 6.61 Å². The molecular weight excluding hydrogens is 423 g/mol. The second-order valence-corrected chi connectivity index (χ2v) is 7.98. The summed E-state index contributed by atoms with van der Waals surface area (Å²) in [5.74, 6) is 0.0136. The summed E-state index contributed by atoms with van der Waals surface area (Å²) in [6.45, 7) is 2.76. The first-order valence-corrected chi connectivity index (χ1v) is 10.9. The fraction of sp³-hybridized carbons (Fsp3) is 0.364. The number of nitrogens with zero attached hydrogens (tertiary/aromatic N) is 1. The van der Waals surface area contributed by atoms with Gasteiger partial charge in [-0.1, -0.05) is 12.1 Å². The number of amides is 1. The fourth-order valence-electron chi connectivity index (χ4n) is 3.17. The zero-order valence-electron chi connectivity index (χ0n) is 17.2. The predicted molar refractivity (Wildman–Crippen MR) is 117 cm³/mol. The Morgan fingerprint density at radius 2 is 2.03 bits per heavy atom. The monoisotopic (exact) mass is 448 g/mol. The number of thioether (sulfide) groups is 1. The maximum atomic E-state index is 13.3. The smallest absolute Gasteiger partial charge is 0.344 e. The molecule has 9 heteroatoms. The Morgan fingerprint density at radius 1 is 1.26 bits per heavy atom. The molecule has 0 saturated carbocycles. The largest absolute Gasteiger partial charge is 0.482 e. The van der Waals surface area contributed by atoms with E-state index in [0.717, 1.165) is 16.8 Å². The molecule has 3 rings (SSSR count). The molecule has 31 heavy (non-hydrogen) atoms. The lowest BCUT2D eigenvalue weighted by Gasteiger charge is -2.26. The minimum absolute atomic E-state index is 0.0190. The van der Waals surface area contributed by atoms with E-state index in [1.165, 1.54) is 23.9 Å². The molecule has 1 atom stereocenters. The van der Waals surface area contributed by atoms with Gasteiger partial charge in [-0.15, -0.1) is 11.8 Å². The van der Waals surface area contributed by atoms with Crippen molar-refractivity contribution in [3.63, 3.8) is 0 Å². The van der Waals surface area contributed by atoms with Crippen LogP contribution in [-0.4, -0.2) is 55.6 Å². The van der Waals surface area contributed by atoms with Crippen LogP contribution >= 0.6 is 11.8 Å². The van der Waals surface area contributed by atoms with Crippen LogP contribution in [-0.2, 0) is 14.3 Å². The van der Waals surface area contributed by atoms with Crippen molar-refractivity contribution < 1.29 is 28.6 Å². The highest BCUT2D eigenvalue weighted by Gasteiger charge is 2.34. The summed E-state index contributed by atoms with van der Waals surface area (Å²) in [6.07, 6.45) is 0. The van der Waals surface area contributed by atoms with Crippen LogP contribution in [0, 0.1) is 12.7 Å². The number of hydrogen-bond acceptors (Lipinski definition) is 7. The van der Waals surface area contributed by atoms with E-state index < -0.39 is 5.97 Å². The van der Waals surface area contributed by atoms with Crippen molar-refractivity contribution in [3.05, 3.63) is 59.4 Å². The Hall–Kier alpha value is -2.62. The molecule has 0 radical (unpaired) electrons. The quantitative estimate of drug-likeness (QED) is 0.426. The van der Waals surface area contributed by atoms with Crippen LogP contribution in [0.25, 0.3) is 0 Å². The van der Waals surface area contributed by atoms with Gasteiger partial charge in [-0.2, -0.15) is 0 Å². The molecule has 2 N–H and O–H groups in total. The van der Waals surface area contributed by atoms with Gasteiger partial charge in [0, 0.05) is 18.8 Å². The van der Waals surface area contributed by atoms with Crippen molar-refractivity contribution in [2.75, 3.05) is 43.6 Å². The van der Waals surface area contributed by atoms with Gasteiger partial charge in [-0.3, -0.25) is 9.69 Å². The van der Waals surface area contributed by atoms with Gasteiger partial charge in [0.05, 0.1) is 12.4 Å². The zero-order valence-corrected chi connectivity index (χ0v) is 18.0. The Labute approximate surface area is 184 Å². The average molecular weight is 449 g/mol. The van der Waals surface area contributed by atoms with Gasteiger partial charge in [0.1, 0.15) is 23.5 Å². The molecule has 1 fully saturated rings. The molecular formula is C22H25FN2O5S. The number of rotatable bonds is 10. The summed E-state index contributed by atoms with van der Waals surface area (Å²) in [7, 11) is 0. The third-order valence-corrected chi connectivity index (χ3v) is 5.85. The summed E-state index contributed by atoms with van der Waals surface area (Å²) >= 11 is 1.49. The molecule has 1 aliphatic heterocycles. The number of aryl methyl sites for hydroxylation is 1. The summed E-state index contributed by atoms with van der Waals surface area (Å²) in [5, 5.41) is 11.3. The molecule has 0 bridgehead atoms. The fourth-order valence-corrected chi connectivity index (χ4v) is 4.34. The van der Waals surface area contributed by atoms with Crippen molar-refractivity contribution in [3.8, 4) is 5.75 Å². The number of aliphatic hydroxyl groups excluding tert-OH is 1.